The molecule has 0 atom stereocenters. The van der Waals surface area contributed by atoms with Gasteiger partial charge in [0.05, 0.1) is 6.61 Å². The van der Waals surface area contributed by atoms with E-state index >= 15 is 0 Å². The zero-order chi connectivity index (χ0) is 20.5. The quantitative estimate of drug-likeness (QED) is 0.416. The Morgan fingerprint density at radius 2 is 1.79 bits per heavy atom. The zero-order valence-corrected chi connectivity index (χ0v) is 16.5. The van der Waals surface area contributed by atoms with Crippen LogP contribution in [0.2, 0.25) is 0 Å². The summed E-state index contributed by atoms with van der Waals surface area (Å²) in [6.07, 6.45) is 1.69. The number of carbonyl (C=O) groups is 2. The standard InChI is InChI=1S/C23H25NO5/c1-2-27-15-19-18-12-6-7-13-20(18)29-22(19)23(26)28-16-21(25)24-14-8-11-17-9-4-3-5-10-17/h3-7,9-10,12-13H,2,8,11,14-16H2,1H3,(H,24,25). The molecule has 6 heteroatoms. The predicted molar refractivity (Wildman–Crippen MR) is 110 cm³/mol. The number of amides is 1. The van der Waals surface area contributed by atoms with Gasteiger partial charge in [0.1, 0.15) is 5.58 Å². The van der Waals surface area contributed by atoms with Crippen LogP contribution in [0, 0.1) is 0 Å². The highest BCUT2D eigenvalue weighted by Crippen LogP contribution is 2.27. The van der Waals surface area contributed by atoms with E-state index in [9.17, 15) is 9.59 Å². The Bertz CT molecular complexity index is 948. The maximum atomic E-state index is 12.5. The Kier molecular flexibility index (Phi) is 7.41. The minimum atomic E-state index is -0.671. The number of benzene rings is 2. The molecule has 6 nitrogen and oxygen atoms in total. The van der Waals surface area contributed by atoms with Gasteiger partial charge in [0.25, 0.3) is 5.91 Å². The van der Waals surface area contributed by atoms with Gasteiger partial charge in [-0.05, 0) is 31.4 Å². The van der Waals surface area contributed by atoms with Crippen molar-refractivity contribution in [3.8, 4) is 0 Å². The molecule has 0 saturated heterocycles. The Hall–Kier alpha value is -3.12. The van der Waals surface area contributed by atoms with Crippen LogP contribution in [0.25, 0.3) is 11.0 Å². The Labute approximate surface area is 169 Å². The van der Waals surface area contributed by atoms with Crippen molar-refractivity contribution in [1.82, 2.24) is 5.32 Å². The lowest BCUT2D eigenvalue weighted by atomic mass is 10.1. The van der Waals surface area contributed by atoms with Crippen molar-refractivity contribution in [2.24, 2.45) is 0 Å². The van der Waals surface area contributed by atoms with Gasteiger partial charge in [0.2, 0.25) is 5.76 Å². The smallest absolute Gasteiger partial charge is 0.375 e. The van der Waals surface area contributed by atoms with Crippen LogP contribution in [0.3, 0.4) is 0 Å². The highest BCUT2D eigenvalue weighted by molar-refractivity contribution is 5.96. The molecule has 0 unspecified atom stereocenters. The molecule has 1 heterocycles. The third-order valence-electron chi connectivity index (χ3n) is 4.48. The van der Waals surface area contributed by atoms with Gasteiger partial charge in [-0.2, -0.15) is 0 Å². The molecule has 0 spiro atoms. The minimum absolute atomic E-state index is 0.0801. The van der Waals surface area contributed by atoms with Crippen LogP contribution in [0.5, 0.6) is 0 Å². The molecule has 0 fully saturated rings. The topological polar surface area (TPSA) is 77.8 Å². The van der Waals surface area contributed by atoms with Crippen molar-refractivity contribution >= 4 is 22.8 Å². The number of rotatable bonds is 10. The van der Waals surface area contributed by atoms with Crippen LogP contribution in [0.1, 0.15) is 35.0 Å². The number of nitrogens with one attached hydrogen (secondary N) is 1. The largest absolute Gasteiger partial charge is 0.450 e. The average molecular weight is 395 g/mol. The average Bonchev–Trinajstić information content (AvgIpc) is 3.13. The van der Waals surface area contributed by atoms with Gasteiger partial charge >= 0.3 is 5.97 Å². The fourth-order valence-electron chi connectivity index (χ4n) is 3.02. The van der Waals surface area contributed by atoms with Gasteiger partial charge in [-0.15, -0.1) is 0 Å². The molecule has 0 radical (unpaired) electrons. The summed E-state index contributed by atoms with van der Waals surface area (Å²) in [7, 11) is 0. The van der Waals surface area contributed by atoms with Gasteiger partial charge in [-0.3, -0.25) is 4.79 Å². The van der Waals surface area contributed by atoms with E-state index in [0.29, 0.717) is 24.3 Å². The van der Waals surface area contributed by atoms with E-state index in [1.807, 2.05) is 43.3 Å². The van der Waals surface area contributed by atoms with Gasteiger partial charge in [0.15, 0.2) is 6.61 Å². The summed E-state index contributed by atoms with van der Waals surface area (Å²) in [5, 5.41) is 3.57. The van der Waals surface area contributed by atoms with Gasteiger partial charge < -0.3 is 19.2 Å². The third kappa shape index (κ3) is 5.68. The lowest BCUT2D eigenvalue weighted by Crippen LogP contribution is -2.29. The number of esters is 1. The molecule has 29 heavy (non-hydrogen) atoms. The van der Waals surface area contributed by atoms with Crippen molar-refractivity contribution in [2.45, 2.75) is 26.4 Å². The van der Waals surface area contributed by atoms with Crippen LogP contribution < -0.4 is 5.32 Å². The van der Waals surface area contributed by atoms with Gasteiger partial charge in [0, 0.05) is 24.1 Å². The van der Waals surface area contributed by atoms with E-state index in [1.165, 1.54) is 5.56 Å². The van der Waals surface area contributed by atoms with E-state index < -0.39 is 5.97 Å². The fourth-order valence-corrected chi connectivity index (χ4v) is 3.02. The first-order chi connectivity index (χ1) is 14.2. The Balaban J connectivity index is 1.50. The first-order valence-corrected chi connectivity index (χ1v) is 9.75. The third-order valence-corrected chi connectivity index (χ3v) is 4.48. The molecule has 0 aliphatic carbocycles. The number of hydrogen-bond acceptors (Lipinski definition) is 5. The van der Waals surface area contributed by atoms with E-state index in [0.717, 1.165) is 18.2 Å². The monoisotopic (exact) mass is 395 g/mol. The van der Waals surface area contributed by atoms with Crippen molar-refractivity contribution in [3.05, 3.63) is 71.5 Å². The second-order valence-corrected chi connectivity index (χ2v) is 6.56. The summed E-state index contributed by atoms with van der Waals surface area (Å²) in [4.78, 5) is 24.4. The lowest BCUT2D eigenvalue weighted by Gasteiger charge is -2.07. The molecule has 152 valence electrons. The second-order valence-electron chi connectivity index (χ2n) is 6.56. The Morgan fingerprint density at radius 1 is 1.03 bits per heavy atom. The highest BCUT2D eigenvalue weighted by atomic mass is 16.5. The maximum Gasteiger partial charge on any atom is 0.375 e. The molecule has 0 aliphatic heterocycles. The first-order valence-electron chi connectivity index (χ1n) is 9.75. The summed E-state index contributed by atoms with van der Waals surface area (Å²) < 4.78 is 16.3. The highest BCUT2D eigenvalue weighted by Gasteiger charge is 2.22. The number of carbonyl (C=O) groups excluding carboxylic acids is 2. The summed E-state index contributed by atoms with van der Waals surface area (Å²) in [6, 6.07) is 17.4. The summed E-state index contributed by atoms with van der Waals surface area (Å²) in [6.45, 7) is 2.80. The molecule has 1 amide bonds. The van der Waals surface area contributed by atoms with Crippen molar-refractivity contribution in [2.75, 3.05) is 19.8 Å². The SMILES string of the molecule is CCOCc1c(C(=O)OCC(=O)NCCCc2ccccc2)oc2ccccc12. The number of fused-ring (bicyclic) bond motifs is 1. The molecular weight excluding hydrogens is 370 g/mol. The number of aryl methyl sites for hydroxylation is 1. The van der Waals surface area contributed by atoms with E-state index in [2.05, 4.69) is 17.4 Å². The van der Waals surface area contributed by atoms with Crippen molar-refractivity contribution < 1.29 is 23.5 Å². The molecule has 3 rings (SSSR count). The van der Waals surface area contributed by atoms with E-state index in [1.54, 1.807) is 6.07 Å². The van der Waals surface area contributed by atoms with Crippen LogP contribution in [0.15, 0.2) is 59.0 Å². The second kappa shape index (κ2) is 10.4. The van der Waals surface area contributed by atoms with Crippen LogP contribution in [-0.4, -0.2) is 31.6 Å². The number of hydrogen-bond donors (Lipinski definition) is 1. The fraction of sp³-hybridized carbons (Fsp3) is 0.304. The van der Waals surface area contributed by atoms with Crippen LogP contribution in [0.4, 0.5) is 0 Å². The summed E-state index contributed by atoms with van der Waals surface area (Å²) in [5.74, 6) is -0.930. The van der Waals surface area contributed by atoms with Crippen LogP contribution >= 0.6 is 0 Å². The van der Waals surface area contributed by atoms with Gasteiger partial charge in [-0.1, -0.05) is 48.5 Å². The van der Waals surface area contributed by atoms with E-state index in [-0.39, 0.29) is 24.9 Å². The minimum Gasteiger partial charge on any atom is -0.450 e. The predicted octanol–water partition coefficient (Wildman–Crippen LogP) is 3.88. The molecule has 3 aromatic rings. The summed E-state index contributed by atoms with van der Waals surface area (Å²) in [5.41, 5.74) is 2.44. The van der Waals surface area contributed by atoms with E-state index in [4.69, 9.17) is 13.9 Å². The van der Waals surface area contributed by atoms with Crippen molar-refractivity contribution in [1.29, 1.82) is 0 Å². The first kappa shape index (κ1) is 20.6. The lowest BCUT2D eigenvalue weighted by molar-refractivity contribution is -0.124. The van der Waals surface area contributed by atoms with Crippen LogP contribution in [-0.2, 0) is 27.3 Å². The molecule has 0 saturated carbocycles. The molecular formula is C23H25NO5. The molecule has 1 N–H and O–H groups in total. The van der Waals surface area contributed by atoms with Crippen molar-refractivity contribution in [3.63, 3.8) is 0 Å². The maximum absolute atomic E-state index is 12.5. The molecule has 2 aromatic carbocycles. The molecule has 0 aliphatic rings. The zero-order valence-electron chi connectivity index (χ0n) is 16.5. The van der Waals surface area contributed by atoms with Gasteiger partial charge in [-0.25, -0.2) is 4.79 Å². The molecule has 1 aromatic heterocycles. The summed E-state index contributed by atoms with van der Waals surface area (Å²) >= 11 is 0. The number of para-hydroxylation sites is 1. The number of furan rings is 1. The normalized spacial score (nSPS) is 10.8. The molecule has 0 bridgehead atoms. The Morgan fingerprint density at radius 3 is 2.59 bits per heavy atom. The number of ether oxygens (including phenoxy) is 2.